The molecule has 2 heterocycles. The number of nitrogens with zero attached hydrogens (tertiary/aromatic N) is 1. The zero-order valence-electron chi connectivity index (χ0n) is 9.83. The summed E-state index contributed by atoms with van der Waals surface area (Å²) >= 11 is 0. The quantitative estimate of drug-likeness (QED) is 0.841. The van der Waals surface area contributed by atoms with Gasteiger partial charge in [-0.2, -0.15) is 0 Å². The first kappa shape index (κ1) is 12.3. The van der Waals surface area contributed by atoms with Gasteiger partial charge in [0.05, 0.1) is 11.5 Å². The summed E-state index contributed by atoms with van der Waals surface area (Å²) < 4.78 is 4.61. The van der Waals surface area contributed by atoms with Gasteiger partial charge >= 0.3 is 11.6 Å². The highest BCUT2D eigenvalue weighted by Crippen LogP contribution is 2.25. The number of carboxylic acids is 1. The molecule has 1 aliphatic heterocycles. The third-order valence-electron chi connectivity index (χ3n) is 3.24. The van der Waals surface area contributed by atoms with Gasteiger partial charge in [0.15, 0.2) is 0 Å². The molecule has 1 aromatic heterocycles. The average Bonchev–Trinajstić information content (AvgIpc) is 2.27. The highest BCUT2D eigenvalue weighted by molar-refractivity contribution is 5.94. The minimum Gasteiger partial charge on any atom is -0.481 e. The molecule has 0 bridgehead atoms. The van der Waals surface area contributed by atoms with E-state index < -0.39 is 17.5 Å². The maximum absolute atomic E-state index is 11.9. The number of hydrogen-bond donors (Lipinski definition) is 1. The molecule has 1 unspecified atom stereocenters. The summed E-state index contributed by atoms with van der Waals surface area (Å²) in [6, 6.07) is 2.59. The number of amides is 1. The van der Waals surface area contributed by atoms with E-state index in [1.54, 1.807) is 11.8 Å². The Labute approximate surface area is 103 Å². The van der Waals surface area contributed by atoms with Gasteiger partial charge in [-0.25, -0.2) is 4.79 Å². The average molecular weight is 251 g/mol. The first-order valence-corrected chi connectivity index (χ1v) is 5.60. The normalized spacial score (nSPS) is 17.1. The van der Waals surface area contributed by atoms with Crippen molar-refractivity contribution < 1.29 is 19.1 Å². The third kappa shape index (κ3) is 2.27. The van der Waals surface area contributed by atoms with Crippen molar-refractivity contribution in [2.24, 2.45) is 11.8 Å². The van der Waals surface area contributed by atoms with Crippen LogP contribution in [0.2, 0.25) is 0 Å². The second-order valence-corrected chi connectivity index (χ2v) is 4.44. The molecular weight excluding hydrogens is 238 g/mol. The number of carbonyl (C=O) groups is 2. The first-order chi connectivity index (χ1) is 8.49. The molecule has 18 heavy (non-hydrogen) atoms. The van der Waals surface area contributed by atoms with Crippen molar-refractivity contribution >= 4 is 11.9 Å². The first-order valence-electron chi connectivity index (χ1n) is 5.60. The number of aliphatic carboxylic acids is 1. The Morgan fingerprint density at radius 3 is 2.61 bits per heavy atom. The molecule has 1 aromatic rings. The fourth-order valence-electron chi connectivity index (χ4n) is 1.86. The van der Waals surface area contributed by atoms with Crippen LogP contribution in [0, 0.1) is 11.8 Å². The zero-order chi connectivity index (χ0) is 13.3. The summed E-state index contributed by atoms with van der Waals surface area (Å²) in [5.74, 6) is -1.56. The minimum absolute atomic E-state index is 0.0119. The molecule has 1 amide bonds. The summed E-state index contributed by atoms with van der Waals surface area (Å²) in [7, 11) is 0. The predicted molar refractivity (Wildman–Crippen MR) is 61.2 cm³/mol. The van der Waals surface area contributed by atoms with E-state index in [0.29, 0.717) is 18.7 Å². The molecule has 96 valence electrons. The van der Waals surface area contributed by atoms with Gasteiger partial charge in [-0.05, 0) is 6.07 Å². The molecule has 1 aliphatic rings. The molecule has 1 saturated heterocycles. The number of carbonyl (C=O) groups excluding carboxylic acids is 1. The lowest BCUT2D eigenvalue weighted by atomic mass is 9.87. The molecule has 0 saturated carbocycles. The van der Waals surface area contributed by atoms with E-state index in [9.17, 15) is 14.4 Å². The van der Waals surface area contributed by atoms with E-state index in [2.05, 4.69) is 4.42 Å². The van der Waals surface area contributed by atoms with Gasteiger partial charge in [0, 0.05) is 25.1 Å². The van der Waals surface area contributed by atoms with Crippen molar-refractivity contribution in [3.63, 3.8) is 0 Å². The summed E-state index contributed by atoms with van der Waals surface area (Å²) in [6.45, 7) is 2.48. The lowest BCUT2D eigenvalue weighted by Gasteiger charge is -2.41. The topological polar surface area (TPSA) is 87.8 Å². The Morgan fingerprint density at radius 1 is 1.44 bits per heavy atom. The lowest BCUT2D eigenvalue weighted by Crippen LogP contribution is -2.53. The second kappa shape index (κ2) is 4.64. The number of hydrogen-bond acceptors (Lipinski definition) is 4. The Hall–Kier alpha value is -2.11. The van der Waals surface area contributed by atoms with Crippen LogP contribution >= 0.6 is 0 Å². The van der Waals surface area contributed by atoms with Gasteiger partial charge < -0.3 is 14.4 Å². The molecular formula is C12H13NO5. The molecule has 6 nitrogen and oxygen atoms in total. The fraction of sp³-hybridized carbons (Fsp3) is 0.417. The van der Waals surface area contributed by atoms with Gasteiger partial charge in [-0.1, -0.05) is 6.92 Å². The molecule has 1 N–H and O–H groups in total. The third-order valence-corrected chi connectivity index (χ3v) is 3.24. The Kier molecular flexibility index (Phi) is 3.18. The van der Waals surface area contributed by atoms with Crippen LogP contribution in [-0.2, 0) is 4.79 Å². The van der Waals surface area contributed by atoms with Crippen LogP contribution in [0.1, 0.15) is 17.3 Å². The van der Waals surface area contributed by atoms with E-state index in [1.165, 1.54) is 12.1 Å². The monoisotopic (exact) mass is 251 g/mol. The number of rotatable bonds is 3. The van der Waals surface area contributed by atoms with Crippen LogP contribution in [0.3, 0.4) is 0 Å². The number of likely N-dealkylation sites (tertiary alicyclic amines) is 1. The van der Waals surface area contributed by atoms with Gasteiger partial charge in [0.2, 0.25) is 0 Å². The van der Waals surface area contributed by atoms with Crippen LogP contribution in [0.5, 0.6) is 0 Å². The van der Waals surface area contributed by atoms with Crippen LogP contribution in [-0.4, -0.2) is 35.0 Å². The van der Waals surface area contributed by atoms with Crippen LogP contribution in [0.15, 0.2) is 27.6 Å². The van der Waals surface area contributed by atoms with E-state index in [0.717, 1.165) is 6.26 Å². The Balaban J connectivity index is 1.96. The smallest absolute Gasteiger partial charge is 0.335 e. The van der Waals surface area contributed by atoms with Crippen molar-refractivity contribution in [2.75, 3.05) is 13.1 Å². The van der Waals surface area contributed by atoms with Crippen molar-refractivity contribution in [3.05, 3.63) is 34.4 Å². The maximum Gasteiger partial charge on any atom is 0.335 e. The van der Waals surface area contributed by atoms with E-state index in [4.69, 9.17) is 5.11 Å². The second-order valence-electron chi connectivity index (χ2n) is 4.44. The minimum atomic E-state index is -0.849. The fourth-order valence-corrected chi connectivity index (χ4v) is 1.86. The molecule has 0 aliphatic carbocycles. The number of carboxylic acid groups (broad SMARTS) is 1. The summed E-state index contributed by atoms with van der Waals surface area (Å²) in [6.07, 6.45) is 1.12. The molecule has 1 atom stereocenters. The summed E-state index contributed by atoms with van der Waals surface area (Å²) in [5.41, 5.74) is -0.205. The van der Waals surface area contributed by atoms with Crippen molar-refractivity contribution in [2.45, 2.75) is 6.92 Å². The Bertz CT molecular complexity index is 509. The zero-order valence-corrected chi connectivity index (χ0v) is 9.83. The highest BCUT2D eigenvalue weighted by Gasteiger charge is 2.37. The lowest BCUT2D eigenvalue weighted by molar-refractivity contribution is -0.144. The van der Waals surface area contributed by atoms with Crippen molar-refractivity contribution in [1.82, 2.24) is 4.90 Å². The molecule has 0 spiro atoms. The molecule has 0 aromatic carbocycles. The van der Waals surface area contributed by atoms with Crippen molar-refractivity contribution in [1.29, 1.82) is 0 Å². The SMILES string of the molecule is CC(C(=O)O)C1CN(C(=O)c2ccc(=O)oc2)C1. The highest BCUT2D eigenvalue weighted by atomic mass is 16.4. The van der Waals surface area contributed by atoms with Crippen molar-refractivity contribution in [3.8, 4) is 0 Å². The van der Waals surface area contributed by atoms with Crippen LogP contribution in [0.25, 0.3) is 0 Å². The van der Waals surface area contributed by atoms with Gasteiger partial charge in [-0.15, -0.1) is 0 Å². The predicted octanol–water partition coefficient (Wildman–Crippen LogP) is 0.433. The van der Waals surface area contributed by atoms with Gasteiger partial charge in [-0.3, -0.25) is 9.59 Å². The maximum atomic E-state index is 11.9. The summed E-state index contributed by atoms with van der Waals surface area (Å²) in [4.78, 5) is 35.0. The van der Waals surface area contributed by atoms with E-state index in [1.807, 2.05) is 0 Å². The van der Waals surface area contributed by atoms with E-state index >= 15 is 0 Å². The van der Waals surface area contributed by atoms with E-state index in [-0.39, 0.29) is 11.8 Å². The molecule has 2 rings (SSSR count). The molecule has 1 fully saturated rings. The van der Waals surface area contributed by atoms with Gasteiger partial charge in [0.25, 0.3) is 5.91 Å². The standard InChI is InChI=1S/C12H13NO5/c1-7(12(16)17)9-4-13(5-9)11(15)8-2-3-10(14)18-6-8/h2-3,6-7,9H,4-5H2,1H3,(H,16,17). The largest absolute Gasteiger partial charge is 0.481 e. The Morgan fingerprint density at radius 2 is 2.11 bits per heavy atom. The van der Waals surface area contributed by atoms with Gasteiger partial charge in [0.1, 0.15) is 6.26 Å². The van der Waals surface area contributed by atoms with Crippen LogP contribution in [0.4, 0.5) is 0 Å². The molecule has 6 heteroatoms. The molecule has 0 radical (unpaired) electrons. The van der Waals surface area contributed by atoms with Crippen LogP contribution < -0.4 is 5.63 Å². The summed E-state index contributed by atoms with van der Waals surface area (Å²) in [5, 5.41) is 8.84.